The van der Waals surface area contributed by atoms with Crippen LogP contribution in [0.1, 0.15) is 5.56 Å². The monoisotopic (exact) mass is 240 g/mol. The summed E-state index contributed by atoms with van der Waals surface area (Å²) in [4.78, 5) is 0. The van der Waals surface area contributed by atoms with Crippen LogP contribution in [0.3, 0.4) is 0 Å². The molecule has 0 spiro atoms. The number of benzene rings is 1. The van der Waals surface area contributed by atoms with Crippen molar-refractivity contribution < 1.29 is 17.5 Å². The van der Waals surface area contributed by atoms with Gasteiger partial charge in [0.05, 0.1) is 0 Å². The topological polar surface area (TPSA) is 74.6 Å². The third-order valence-corrected chi connectivity index (χ3v) is 1.22. The molecule has 0 fully saturated rings. The maximum absolute atomic E-state index is 8.74. The summed E-state index contributed by atoms with van der Waals surface area (Å²) in [5.41, 5.74) is 1.33. The van der Waals surface area contributed by atoms with Crippen molar-refractivity contribution >= 4 is 40.0 Å². The van der Waals surface area contributed by atoms with Crippen molar-refractivity contribution in [2.45, 2.75) is 6.42 Å². The molecule has 1 aromatic rings. The van der Waals surface area contributed by atoms with E-state index in [9.17, 15) is 0 Å². The number of allylic oxidation sites excluding steroid dienone is 1. The van der Waals surface area contributed by atoms with Gasteiger partial charge < -0.3 is 0 Å². The van der Waals surface area contributed by atoms with Crippen LogP contribution >= 0.6 is 0 Å². The van der Waals surface area contributed by atoms with Gasteiger partial charge in [-0.05, 0) is 12.0 Å². The van der Waals surface area contributed by atoms with Gasteiger partial charge in [0.15, 0.2) is 0 Å². The molecule has 0 aliphatic rings. The third kappa shape index (κ3) is 16.5. The number of rotatable bonds is 2. The first-order valence-electron chi connectivity index (χ1n) is 3.78. The summed E-state index contributed by atoms with van der Waals surface area (Å²) < 4.78 is 31.6. The van der Waals surface area contributed by atoms with Crippen molar-refractivity contribution in [1.82, 2.24) is 0 Å². The van der Waals surface area contributed by atoms with Gasteiger partial charge in [0.25, 0.3) is 0 Å². The Morgan fingerprint density at radius 2 is 1.60 bits per heavy atom. The Morgan fingerprint density at radius 3 is 1.93 bits per heavy atom. The van der Waals surface area contributed by atoms with Crippen LogP contribution in [-0.4, -0.2) is 47.1 Å². The molecule has 4 nitrogen and oxygen atoms in total. The van der Waals surface area contributed by atoms with E-state index in [1.54, 1.807) is 0 Å². The molecule has 0 saturated carbocycles. The Bertz CT molecular complexity index is 353. The second-order valence-electron chi connectivity index (χ2n) is 2.43. The van der Waals surface area contributed by atoms with Gasteiger partial charge >= 0.3 is 40.0 Å². The average Bonchev–Trinajstić information content (AvgIpc) is 2.03. The summed E-state index contributed by atoms with van der Waals surface area (Å²) in [5.74, 6) is 0. The van der Waals surface area contributed by atoms with Gasteiger partial charge in [0, 0.05) is 0 Å². The molecule has 2 N–H and O–H groups in total. The molecule has 0 bridgehead atoms. The Morgan fingerprint density at radius 1 is 1.20 bits per heavy atom. The molecular weight excluding hydrogens is 227 g/mol. The molecule has 0 radical (unpaired) electrons. The minimum absolute atomic E-state index is 0. The van der Waals surface area contributed by atoms with Gasteiger partial charge in [0.2, 0.25) is 0 Å². The molecule has 80 valence electrons. The van der Waals surface area contributed by atoms with E-state index in [0.717, 1.165) is 6.42 Å². The fourth-order valence-electron chi connectivity index (χ4n) is 0.781. The third-order valence-electron chi connectivity index (χ3n) is 1.22. The van der Waals surface area contributed by atoms with Crippen LogP contribution < -0.4 is 0 Å². The fourth-order valence-corrected chi connectivity index (χ4v) is 0.781. The molecule has 6 heteroatoms. The molecular formula is C9H13NaO4S. The SMILES string of the molecule is C=CCc1ccccc1.O=S(=O)(O)O.[NaH]. The molecule has 0 aliphatic heterocycles. The van der Waals surface area contributed by atoms with E-state index in [4.69, 9.17) is 17.5 Å². The van der Waals surface area contributed by atoms with Crippen molar-refractivity contribution in [3.05, 3.63) is 48.6 Å². The van der Waals surface area contributed by atoms with Gasteiger partial charge in [-0.25, -0.2) is 0 Å². The molecule has 1 aromatic carbocycles. The van der Waals surface area contributed by atoms with Gasteiger partial charge in [-0.2, -0.15) is 8.42 Å². The maximum atomic E-state index is 8.74. The van der Waals surface area contributed by atoms with Crippen LogP contribution in [0.25, 0.3) is 0 Å². The minimum atomic E-state index is -4.67. The van der Waals surface area contributed by atoms with Gasteiger partial charge in [-0.15, -0.1) is 6.58 Å². The molecule has 0 saturated heterocycles. The second-order valence-corrected chi connectivity index (χ2v) is 3.32. The standard InChI is InChI=1S/C9H10.Na.H2O4S.H/c1-2-6-9-7-4-3-5-8-9;;1-5(2,3)4;/h2-5,7-8H,1,6H2;;(H2,1,2,3,4);. The quantitative estimate of drug-likeness (QED) is 0.461. The zero-order valence-corrected chi connectivity index (χ0v) is 8.31. The number of hydrogen-bond acceptors (Lipinski definition) is 2. The Kier molecular flexibility index (Phi) is 10.4. The van der Waals surface area contributed by atoms with Crippen molar-refractivity contribution in [3.63, 3.8) is 0 Å². The van der Waals surface area contributed by atoms with E-state index in [-0.39, 0.29) is 29.6 Å². The van der Waals surface area contributed by atoms with Crippen LogP contribution in [0.4, 0.5) is 0 Å². The Balaban J connectivity index is 0. The fraction of sp³-hybridized carbons (Fsp3) is 0.111. The van der Waals surface area contributed by atoms with Gasteiger partial charge in [-0.3, -0.25) is 9.11 Å². The van der Waals surface area contributed by atoms with Crippen molar-refractivity contribution in [2.24, 2.45) is 0 Å². The van der Waals surface area contributed by atoms with E-state index < -0.39 is 10.4 Å². The average molecular weight is 240 g/mol. The zero-order valence-electron chi connectivity index (χ0n) is 7.50. The molecule has 15 heavy (non-hydrogen) atoms. The summed E-state index contributed by atoms with van der Waals surface area (Å²) in [7, 11) is -4.67. The molecule has 0 aliphatic carbocycles. The van der Waals surface area contributed by atoms with Crippen LogP contribution in [0, 0.1) is 0 Å². The Labute approximate surface area is 112 Å². The van der Waals surface area contributed by atoms with Gasteiger partial charge in [-0.1, -0.05) is 36.4 Å². The van der Waals surface area contributed by atoms with E-state index in [0.29, 0.717) is 0 Å². The van der Waals surface area contributed by atoms with E-state index >= 15 is 0 Å². The molecule has 0 amide bonds. The van der Waals surface area contributed by atoms with Gasteiger partial charge in [0.1, 0.15) is 0 Å². The summed E-state index contributed by atoms with van der Waals surface area (Å²) in [6.45, 7) is 3.66. The second kappa shape index (κ2) is 9.08. The van der Waals surface area contributed by atoms with E-state index in [1.807, 2.05) is 24.3 Å². The van der Waals surface area contributed by atoms with Crippen LogP contribution in [0.15, 0.2) is 43.0 Å². The van der Waals surface area contributed by atoms with Crippen LogP contribution in [0.5, 0.6) is 0 Å². The van der Waals surface area contributed by atoms with Crippen LogP contribution in [0.2, 0.25) is 0 Å². The summed E-state index contributed by atoms with van der Waals surface area (Å²) in [6.07, 6.45) is 2.89. The van der Waals surface area contributed by atoms with E-state index in [2.05, 4.69) is 18.7 Å². The molecule has 0 heterocycles. The number of hydrogen-bond donors (Lipinski definition) is 2. The van der Waals surface area contributed by atoms with Crippen molar-refractivity contribution in [1.29, 1.82) is 0 Å². The Hall–Kier alpha value is -0.170. The summed E-state index contributed by atoms with van der Waals surface area (Å²) in [6, 6.07) is 10.3. The van der Waals surface area contributed by atoms with Crippen LogP contribution in [-0.2, 0) is 16.8 Å². The summed E-state index contributed by atoms with van der Waals surface area (Å²) in [5, 5.41) is 0. The molecule has 0 unspecified atom stereocenters. The predicted molar refractivity (Wildman–Crippen MR) is 61.7 cm³/mol. The molecule has 0 atom stereocenters. The predicted octanol–water partition coefficient (Wildman–Crippen LogP) is 1.11. The van der Waals surface area contributed by atoms with E-state index in [1.165, 1.54) is 5.56 Å². The normalized spacial score (nSPS) is 9.20. The summed E-state index contributed by atoms with van der Waals surface area (Å²) >= 11 is 0. The first-order valence-corrected chi connectivity index (χ1v) is 5.18. The van der Waals surface area contributed by atoms with Crippen molar-refractivity contribution in [3.8, 4) is 0 Å². The molecule has 0 aromatic heterocycles. The van der Waals surface area contributed by atoms with Crippen molar-refractivity contribution in [2.75, 3.05) is 0 Å². The first-order chi connectivity index (χ1) is 6.43. The zero-order chi connectivity index (χ0) is 11.0. The first kappa shape index (κ1) is 17.2. The molecule has 1 rings (SSSR count).